The van der Waals surface area contributed by atoms with Crippen LogP contribution < -0.4 is 5.32 Å². The fourth-order valence-electron chi connectivity index (χ4n) is 0.894. The molecule has 15 heavy (non-hydrogen) atoms. The molecule has 1 N–H and O–H groups in total. The second-order valence-corrected chi connectivity index (χ2v) is 3.65. The van der Waals surface area contributed by atoms with Gasteiger partial charge >= 0.3 is 0 Å². The Bertz CT molecular complexity index is 456. The molecule has 0 aliphatic rings. The number of rotatable bonds is 2. The van der Waals surface area contributed by atoms with E-state index in [2.05, 4.69) is 19.9 Å². The molecule has 5 nitrogen and oxygen atoms in total. The molecule has 0 aromatic carbocycles. The molecule has 76 valence electrons. The predicted molar refractivity (Wildman–Crippen MR) is 57.1 cm³/mol. The number of carbonyl (C=O) groups excluding carboxylic acids is 1. The van der Waals surface area contributed by atoms with Crippen molar-refractivity contribution in [1.29, 1.82) is 0 Å². The minimum atomic E-state index is -0.335. The van der Waals surface area contributed by atoms with Crippen LogP contribution in [0.15, 0.2) is 23.7 Å². The van der Waals surface area contributed by atoms with Crippen molar-refractivity contribution in [3.8, 4) is 0 Å². The van der Waals surface area contributed by atoms with Crippen LogP contribution in [0.5, 0.6) is 0 Å². The van der Waals surface area contributed by atoms with E-state index >= 15 is 0 Å². The molecule has 0 fully saturated rings. The summed E-state index contributed by atoms with van der Waals surface area (Å²) < 4.78 is 3.59. The molecule has 0 radical (unpaired) electrons. The fraction of sp³-hybridized carbons (Fsp3) is 0. The zero-order valence-electron chi connectivity index (χ0n) is 7.35. The Kier molecular flexibility index (Phi) is 2.89. The number of carbonyl (C=O) groups is 1. The van der Waals surface area contributed by atoms with Gasteiger partial charge in [0.2, 0.25) is 0 Å². The van der Waals surface area contributed by atoms with Crippen molar-refractivity contribution in [3.05, 3.63) is 34.4 Å². The third-order valence-corrected chi connectivity index (χ3v) is 2.29. The van der Waals surface area contributed by atoms with Crippen molar-refractivity contribution in [3.63, 3.8) is 0 Å². The molecule has 0 saturated heterocycles. The summed E-state index contributed by atoms with van der Waals surface area (Å²) in [7, 11) is 0. The van der Waals surface area contributed by atoms with Gasteiger partial charge in [0.15, 0.2) is 5.69 Å². The Morgan fingerprint density at radius 2 is 2.33 bits per heavy atom. The first-order valence-corrected chi connectivity index (χ1v) is 5.17. The average molecular weight is 241 g/mol. The Hall–Kier alpha value is -1.53. The SMILES string of the molecule is O=C(Nc1ccc(Cl)cn1)c1csnn1. The number of amides is 1. The number of nitrogens with zero attached hydrogens (tertiary/aromatic N) is 3. The lowest BCUT2D eigenvalue weighted by Crippen LogP contribution is -2.13. The normalized spacial score (nSPS) is 9.93. The molecule has 2 rings (SSSR count). The van der Waals surface area contributed by atoms with Crippen LogP contribution in [-0.4, -0.2) is 20.5 Å². The standard InChI is InChI=1S/C8H5ClN4OS/c9-5-1-2-7(10-3-5)11-8(14)6-4-15-13-12-6/h1-4H,(H,10,11,14). The van der Waals surface area contributed by atoms with Gasteiger partial charge in [-0.25, -0.2) is 4.98 Å². The molecule has 0 unspecified atom stereocenters. The Morgan fingerprint density at radius 1 is 1.47 bits per heavy atom. The van der Waals surface area contributed by atoms with Gasteiger partial charge in [-0.3, -0.25) is 4.79 Å². The third kappa shape index (κ3) is 2.48. The van der Waals surface area contributed by atoms with E-state index in [9.17, 15) is 4.79 Å². The molecule has 0 saturated carbocycles. The molecule has 0 aliphatic heterocycles. The van der Waals surface area contributed by atoms with Crippen LogP contribution in [0.1, 0.15) is 10.5 Å². The van der Waals surface area contributed by atoms with Crippen molar-refractivity contribution < 1.29 is 4.79 Å². The van der Waals surface area contributed by atoms with E-state index in [1.807, 2.05) is 0 Å². The van der Waals surface area contributed by atoms with Crippen LogP contribution in [0.25, 0.3) is 0 Å². The fourth-order valence-corrected chi connectivity index (χ4v) is 1.44. The van der Waals surface area contributed by atoms with E-state index < -0.39 is 0 Å². The van der Waals surface area contributed by atoms with Crippen molar-refractivity contribution in [1.82, 2.24) is 14.6 Å². The molecule has 2 aromatic heterocycles. The van der Waals surface area contributed by atoms with Crippen molar-refractivity contribution >= 4 is 34.9 Å². The number of aromatic nitrogens is 3. The number of anilines is 1. The van der Waals surface area contributed by atoms with Crippen LogP contribution >= 0.6 is 23.1 Å². The highest BCUT2D eigenvalue weighted by molar-refractivity contribution is 7.03. The van der Waals surface area contributed by atoms with Gasteiger partial charge < -0.3 is 5.32 Å². The lowest BCUT2D eigenvalue weighted by Gasteiger charge is -2.00. The first-order valence-electron chi connectivity index (χ1n) is 3.95. The van der Waals surface area contributed by atoms with E-state index in [1.165, 1.54) is 6.20 Å². The zero-order chi connectivity index (χ0) is 10.7. The summed E-state index contributed by atoms with van der Waals surface area (Å²) in [5, 5.41) is 8.28. The maximum atomic E-state index is 11.5. The van der Waals surface area contributed by atoms with Gasteiger partial charge in [-0.15, -0.1) is 5.10 Å². The quantitative estimate of drug-likeness (QED) is 0.870. The number of hydrogen-bond donors (Lipinski definition) is 1. The summed E-state index contributed by atoms with van der Waals surface area (Å²) >= 11 is 6.77. The summed E-state index contributed by atoms with van der Waals surface area (Å²) in [6.07, 6.45) is 1.45. The molecule has 2 aromatic rings. The second kappa shape index (κ2) is 4.33. The van der Waals surface area contributed by atoms with Gasteiger partial charge in [0.1, 0.15) is 5.82 Å². The van der Waals surface area contributed by atoms with Crippen LogP contribution in [-0.2, 0) is 0 Å². The zero-order valence-corrected chi connectivity index (χ0v) is 8.92. The summed E-state index contributed by atoms with van der Waals surface area (Å²) in [4.78, 5) is 15.4. The lowest BCUT2D eigenvalue weighted by molar-refractivity contribution is 0.102. The minimum Gasteiger partial charge on any atom is -0.305 e. The topological polar surface area (TPSA) is 67.8 Å². The van der Waals surface area contributed by atoms with Crippen LogP contribution in [0.3, 0.4) is 0 Å². The summed E-state index contributed by atoms with van der Waals surface area (Å²) in [5.74, 6) is 0.0935. The van der Waals surface area contributed by atoms with E-state index in [1.54, 1.807) is 17.5 Å². The predicted octanol–water partition coefficient (Wildman–Crippen LogP) is 1.84. The largest absolute Gasteiger partial charge is 0.305 e. The molecule has 0 aliphatic carbocycles. The van der Waals surface area contributed by atoms with E-state index in [-0.39, 0.29) is 11.6 Å². The second-order valence-electron chi connectivity index (χ2n) is 2.61. The monoisotopic (exact) mass is 240 g/mol. The van der Waals surface area contributed by atoms with Gasteiger partial charge in [0.05, 0.1) is 5.02 Å². The molecule has 0 spiro atoms. The number of pyridine rings is 1. The Labute approximate surface area is 94.3 Å². The van der Waals surface area contributed by atoms with Crippen molar-refractivity contribution in [2.24, 2.45) is 0 Å². The molecule has 7 heteroatoms. The average Bonchev–Trinajstić information content (AvgIpc) is 2.74. The molecular formula is C8H5ClN4OS. The number of nitrogens with one attached hydrogen (secondary N) is 1. The summed E-state index contributed by atoms with van der Waals surface area (Å²) in [6, 6.07) is 3.25. The maximum Gasteiger partial charge on any atom is 0.278 e. The third-order valence-electron chi connectivity index (χ3n) is 1.56. The molecule has 0 atom stereocenters. The highest BCUT2D eigenvalue weighted by Gasteiger charge is 2.08. The minimum absolute atomic E-state index is 0.275. The molecule has 0 bridgehead atoms. The maximum absolute atomic E-state index is 11.5. The first kappa shape index (κ1) is 10.0. The van der Waals surface area contributed by atoms with Crippen LogP contribution in [0, 0.1) is 0 Å². The molecule has 2 heterocycles. The Morgan fingerprint density at radius 3 is 2.93 bits per heavy atom. The molecule has 1 amide bonds. The van der Waals surface area contributed by atoms with Gasteiger partial charge in [-0.2, -0.15) is 0 Å². The van der Waals surface area contributed by atoms with Crippen molar-refractivity contribution in [2.45, 2.75) is 0 Å². The van der Waals surface area contributed by atoms with Gasteiger partial charge in [0.25, 0.3) is 5.91 Å². The van der Waals surface area contributed by atoms with Crippen molar-refractivity contribution in [2.75, 3.05) is 5.32 Å². The Balaban J connectivity index is 2.09. The van der Waals surface area contributed by atoms with E-state index in [0.29, 0.717) is 10.8 Å². The van der Waals surface area contributed by atoms with Crippen LogP contribution in [0.2, 0.25) is 5.02 Å². The number of halogens is 1. The molecular weight excluding hydrogens is 236 g/mol. The summed E-state index contributed by atoms with van der Waals surface area (Å²) in [5.41, 5.74) is 0.275. The van der Waals surface area contributed by atoms with E-state index in [0.717, 1.165) is 11.5 Å². The first-order chi connectivity index (χ1) is 7.25. The van der Waals surface area contributed by atoms with Gasteiger partial charge in [0, 0.05) is 11.6 Å². The van der Waals surface area contributed by atoms with Crippen LogP contribution in [0.4, 0.5) is 5.82 Å². The summed E-state index contributed by atoms with van der Waals surface area (Å²) in [6.45, 7) is 0. The van der Waals surface area contributed by atoms with Gasteiger partial charge in [-0.05, 0) is 23.7 Å². The smallest absolute Gasteiger partial charge is 0.278 e. The van der Waals surface area contributed by atoms with E-state index in [4.69, 9.17) is 11.6 Å². The van der Waals surface area contributed by atoms with Gasteiger partial charge in [-0.1, -0.05) is 16.1 Å². The lowest BCUT2D eigenvalue weighted by atomic mass is 10.4. The number of hydrogen-bond acceptors (Lipinski definition) is 5. The highest BCUT2D eigenvalue weighted by atomic mass is 35.5. The highest BCUT2D eigenvalue weighted by Crippen LogP contribution is 2.10.